The quantitative estimate of drug-likeness (QED) is 0.688. The monoisotopic (exact) mass is 202 g/mol. The Hall–Kier alpha value is -1.19. The largest absolute Gasteiger partial charge is 0.459 e. The van der Waals surface area contributed by atoms with E-state index in [2.05, 4.69) is 0 Å². The van der Waals surface area contributed by atoms with Crippen LogP contribution >= 0.6 is 0 Å². The molecule has 0 unspecified atom stereocenters. The van der Waals surface area contributed by atoms with Crippen LogP contribution in [0.3, 0.4) is 0 Å². The third kappa shape index (κ3) is 2.00. The van der Waals surface area contributed by atoms with E-state index in [1.165, 1.54) is 6.07 Å². The number of alkyl halides is 2. The van der Waals surface area contributed by atoms with Crippen molar-refractivity contribution in [1.29, 1.82) is 0 Å². The second kappa shape index (κ2) is 3.52. The van der Waals surface area contributed by atoms with Gasteiger partial charge in [-0.05, 0) is 6.07 Å². The van der Waals surface area contributed by atoms with E-state index in [9.17, 15) is 13.6 Å². The van der Waals surface area contributed by atoms with E-state index in [1.807, 2.05) is 20.8 Å². The third-order valence-corrected chi connectivity index (χ3v) is 1.86. The first kappa shape index (κ1) is 10.9. The Bertz CT molecular complexity index is 334. The lowest BCUT2D eigenvalue weighted by molar-refractivity contribution is 0.106. The smallest absolute Gasteiger partial charge is 0.296 e. The topological polar surface area (TPSA) is 30.2 Å². The number of aldehydes is 1. The molecule has 0 amide bonds. The number of rotatable bonds is 2. The van der Waals surface area contributed by atoms with Crippen molar-refractivity contribution in [2.45, 2.75) is 32.6 Å². The molecule has 0 aliphatic rings. The number of hydrogen-bond acceptors (Lipinski definition) is 2. The zero-order chi connectivity index (χ0) is 10.9. The number of carbonyl (C=O) groups excluding carboxylic acids is 1. The molecule has 0 saturated heterocycles. The molecular weight excluding hydrogens is 190 g/mol. The van der Waals surface area contributed by atoms with Crippen molar-refractivity contribution in [1.82, 2.24) is 0 Å². The molecule has 0 saturated carbocycles. The lowest BCUT2D eigenvalue weighted by atomic mass is 9.93. The Balaban J connectivity index is 3.20. The minimum atomic E-state index is -2.74. The minimum absolute atomic E-state index is 0.0649. The van der Waals surface area contributed by atoms with Gasteiger partial charge in [0.05, 0.1) is 5.56 Å². The lowest BCUT2D eigenvalue weighted by Gasteiger charge is -2.13. The van der Waals surface area contributed by atoms with Gasteiger partial charge in [-0.2, -0.15) is 0 Å². The predicted molar refractivity (Wildman–Crippen MR) is 47.8 cm³/mol. The van der Waals surface area contributed by atoms with Crippen molar-refractivity contribution in [3.8, 4) is 0 Å². The van der Waals surface area contributed by atoms with Gasteiger partial charge in [0.25, 0.3) is 6.43 Å². The second-order valence-electron chi connectivity index (χ2n) is 4.10. The zero-order valence-electron chi connectivity index (χ0n) is 8.30. The van der Waals surface area contributed by atoms with Crippen LogP contribution in [-0.4, -0.2) is 6.29 Å². The first-order chi connectivity index (χ1) is 6.36. The van der Waals surface area contributed by atoms with Gasteiger partial charge < -0.3 is 4.42 Å². The first-order valence-corrected chi connectivity index (χ1v) is 4.24. The van der Waals surface area contributed by atoms with Gasteiger partial charge in [-0.1, -0.05) is 20.8 Å². The third-order valence-electron chi connectivity index (χ3n) is 1.86. The van der Waals surface area contributed by atoms with Crippen LogP contribution in [-0.2, 0) is 5.41 Å². The zero-order valence-corrected chi connectivity index (χ0v) is 8.30. The Morgan fingerprint density at radius 3 is 2.29 bits per heavy atom. The standard InChI is InChI=1S/C10H12F2O2/c1-10(2,3)7-4-6(5-13)8(14-7)9(11)12/h4-5,9H,1-3H3. The van der Waals surface area contributed by atoms with Gasteiger partial charge in [-0.3, -0.25) is 4.79 Å². The highest BCUT2D eigenvalue weighted by molar-refractivity contribution is 5.76. The number of halogens is 2. The fourth-order valence-corrected chi connectivity index (χ4v) is 1.05. The van der Waals surface area contributed by atoms with E-state index < -0.39 is 12.2 Å². The SMILES string of the molecule is CC(C)(C)c1cc(C=O)c(C(F)F)o1. The molecule has 0 atom stereocenters. The Labute approximate surface area is 80.9 Å². The molecule has 0 aliphatic carbocycles. The van der Waals surface area contributed by atoms with Crippen molar-refractivity contribution in [3.63, 3.8) is 0 Å². The molecule has 0 fully saturated rings. The summed E-state index contributed by atoms with van der Waals surface area (Å²) < 4.78 is 29.7. The van der Waals surface area contributed by atoms with E-state index in [1.54, 1.807) is 0 Å². The molecule has 0 bridgehead atoms. The average molecular weight is 202 g/mol. The van der Waals surface area contributed by atoms with Gasteiger partial charge in [0.15, 0.2) is 12.0 Å². The van der Waals surface area contributed by atoms with E-state index in [0.717, 1.165) is 0 Å². The molecule has 0 radical (unpaired) electrons. The maximum atomic E-state index is 12.4. The summed E-state index contributed by atoms with van der Waals surface area (Å²) in [5, 5.41) is 0. The van der Waals surface area contributed by atoms with E-state index in [4.69, 9.17) is 4.42 Å². The van der Waals surface area contributed by atoms with Crippen molar-refractivity contribution < 1.29 is 18.0 Å². The van der Waals surface area contributed by atoms with Crippen molar-refractivity contribution in [2.75, 3.05) is 0 Å². The Kier molecular flexibility index (Phi) is 2.73. The first-order valence-electron chi connectivity index (χ1n) is 4.24. The highest BCUT2D eigenvalue weighted by Crippen LogP contribution is 2.31. The fourth-order valence-electron chi connectivity index (χ4n) is 1.05. The molecular formula is C10H12F2O2. The minimum Gasteiger partial charge on any atom is -0.459 e. The van der Waals surface area contributed by atoms with Crippen LogP contribution in [0.25, 0.3) is 0 Å². The maximum Gasteiger partial charge on any atom is 0.296 e. The highest BCUT2D eigenvalue weighted by Gasteiger charge is 2.25. The second-order valence-corrected chi connectivity index (χ2v) is 4.10. The summed E-state index contributed by atoms with van der Waals surface area (Å²) in [6.45, 7) is 5.49. The van der Waals surface area contributed by atoms with Gasteiger partial charge >= 0.3 is 0 Å². The van der Waals surface area contributed by atoms with Gasteiger partial charge in [0, 0.05) is 5.41 Å². The van der Waals surface area contributed by atoms with Gasteiger partial charge in [-0.25, -0.2) is 8.78 Å². The number of carbonyl (C=O) groups is 1. The highest BCUT2D eigenvalue weighted by atomic mass is 19.3. The molecule has 0 aromatic carbocycles. The van der Waals surface area contributed by atoms with Crippen molar-refractivity contribution in [3.05, 3.63) is 23.2 Å². The van der Waals surface area contributed by atoms with Gasteiger partial charge in [0.1, 0.15) is 5.76 Å². The molecule has 1 aromatic heterocycles. The summed E-state index contributed by atoms with van der Waals surface area (Å²) in [6, 6.07) is 1.37. The van der Waals surface area contributed by atoms with Gasteiger partial charge in [-0.15, -0.1) is 0 Å². The summed E-state index contributed by atoms with van der Waals surface area (Å²) in [6.07, 6.45) is -2.36. The predicted octanol–water partition coefficient (Wildman–Crippen LogP) is 3.33. The molecule has 0 aliphatic heterocycles. The van der Waals surface area contributed by atoms with Crippen LogP contribution in [0.15, 0.2) is 10.5 Å². The van der Waals surface area contributed by atoms with Crippen LogP contribution in [0.1, 0.15) is 49.1 Å². The molecule has 14 heavy (non-hydrogen) atoms. The van der Waals surface area contributed by atoms with Crippen LogP contribution in [0.5, 0.6) is 0 Å². The molecule has 4 heteroatoms. The molecule has 78 valence electrons. The summed E-state index contributed by atoms with van der Waals surface area (Å²) in [4.78, 5) is 10.5. The van der Waals surface area contributed by atoms with Crippen molar-refractivity contribution >= 4 is 6.29 Å². The van der Waals surface area contributed by atoms with E-state index in [0.29, 0.717) is 12.0 Å². The van der Waals surface area contributed by atoms with Gasteiger partial charge in [0.2, 0.25) is 0 Å². The normalized spacial score (nSPS) is 12.1. The lowest BCUT2D eigenvalue weighted by Crippen LogP contribution is -2.09. The Morgan fingerprint density at radius 2 is 2.00 bits per heavy atom. The molecule has 0 spiro atoms. The molecule has 1 aromatic rings. The summed E-state index contributed by atoms with van der Waals surface area (Å²) in [5.74, 6) is -0.139. The van der Waals surface area contributed by atoms with Crippen molar-refractivity contribution in [2.24, 2.45) is 0 Å². The Morgan fingerprint density at radius 1 is 1.43 bits per heavy atom. The van der Waals surface area contributed by atoms with E-state index >= 15 is 0 Å². The number of hydrogen-bond donors (Lipinski definition) is 0. The maximum absolute atomic E-state index is 12.4. The molecule has 2 nitrogen and oxygen atoms in total. The van der Waals surface area contributed by atoms with Crippen LogP contribution in [0.4, 0.5) is 8.78 Å². The molecule has 0 N–H and O–H groups in total. The average Bonchev–Trinajstić information content (AvgIpc) is 2.45. The summed E-state index contributed by atoms with van der Waals surface area (Å²) >= 11 is 0. The van der Waals surface area contributed by atoms with Crippen LogP contribution in [0.2, 0.25) is 0 Å². The van der Waals surface area contributed by atoms with E-state index in [-0.39, 0.29) is 11.0 Å². The molecule has 1 heterocycles. The van der Waals surface area contributed by atoms with Crippen LogP contribution < -0.4 is 0 Å². The summed E-state index contributed by atoms with van der Waals surface area (Å²) in [5.41, 5.74) is -0.435. The summed E-state index contributed by atoms with van der Waals surface area (Å²) in [7, 11) is 0. The fraction of sp³-hybridized carbons (Fsp3) is 0.500. The molecule has 1 rings (SSSR count). The number of furan rings is 1. The van der Waals surface area contributed by atoms with Crippen LogP contribution in [0, 0.1) is 0 Å².